The number of aryl methyl sites for hydroxylation is 3. The molecule has 206 valence electrons. The van der Waals surface area contributed by atoms with Crippen molar-refractivity contribution >= 4 is 24.8 Å². The monoisotopic (exact) mass is 554 g/mol. The Morgan fingerprint density at radius 3 is 2.03 bits per heavy atom. The van der Waals surface area contributed by atoms with Gasteiger partial charge in [-0.3, -0.25) is 9.80 Å². The van der Waals surface area contributed by atoms with E-state index in [1.54, 1.807) is 0 Å². The van der Waals surface area contributed by atoms with Crippen molar-refractivity contribution in [1.82, 2.24) is 9.80 Å². The average molecular weight is 556 g/mol. The summed E-state index contributed by atoms with van der Waals surface area (Å²) in [5.41, 5.74) is 8.66. The number of hydrogen-bond donors (Lipinski definition) is 0. The lowest BCUT2D eigenvalue weighted by molar-refractivity contribution is 0.157. The fourth-order valence-electron chi connectivity index (χ4n) is 5.86. The summed E-state index contributed by atoms with van der Waals surface area (Å²) in [4.78, 5) is 5.22. The Labute approximate surface area is 242 Å². The maximum Gasteiger partial charge on any atom is 0.119 e. The van der Waals surface area contributed by atoms with Crippen LogP contribution in [0.5, 0.6) is 5.75 Å². The van der Waals surface area contributed by atoms with Gasteiger partial charge in [-0.1, -0.05) is 54.6 Å². The van der Waals surface area contributed by atoms with Crippen LogP contribution in [0.1, 0.15) is 59.1 Å². The maximum absolute atomic E-state index is 6.29. The molecule has 2 aliphatic rings. The molecule has 38 heavy (non-hydrogen) atoms. The largest absolute Gasteiger partial charge is 0.494 e. The molecule has 0 N–H and O–H groups in total. The first-order valence-electron chi connectivity index (χ1n) is 13.9. The lowest BCUT2D eigenvalue weighted by Gasteiger charge is -2.32. The zero-order valence-corrected chi connectivity index (χ0v) is 24.7. The van der Waals surface area contributed by atoms with Crippen molar-refractivity contribution in [2.45, 2.75) is 65.6 Å². The second-order valence-corrected chi connectivity index (χ2v) is 11.0. The number of fused-ring (bicyclic) bond motifs is 1. The molecule has 0 saturated carbocycles. The Morgan fingerprint density at radius 2 is 1.37 bits per heavy atom. The Morgan fingerprint density at radius 1 is 0.737 bits per heavy atom. The van der Waals surface area contributed by atoms with E-state index in [-0.39, 0.29) is 24.8 Å². The quantitative estimate of drug-likeness (QED) is 0.282. The summed E-state index contributed by atoms with van der Waals surface area (Å²) in [6, 6.07) is 24.4. The predicted molar refractivity (Wildman–Crippen MR) is 164 cm³/mol. The highest BCUT2D eigenvalue weighted by Gasteiger charge is 2.20. The fourth-order valence-corrected chi connectivity index (χ4v) is 5.86. The smallest absolute Gasteiger partial charge is 0.119 e. The van der Waals surface area contributed by atoms with Gasteiger partial charge in [0.1, 0.15) is 5.75 Å². The molecule has 0 aromatic heterocycles. The molecule has 0 radical (unpaired) electrons. The molecule has 0 amide bonds. The second kappa shape index (κ2) is 14.9. The molecule has 5 rings (SSSR count). The number of rotatable bonds is 8. The van der Waals surface area contributed by atoms with Gasteiger partial charge in [-0.05, 0) is 117 Å². The van der Waals surface area contributed by atoms with Crippen LogP contribution in [0.4, 0.5) is 0 Å². The molecule has 5 heteroatoms. The lowest BCUT2D eigenvalue weighted by Crippen LogP contribution is -2.33. The topological polar surface area (TPSA) is 15.7 Å². The van der Waals surface area contributed by atoms with Gasteiger partial charge in [-0.25, -0.2) is 0 Å². The normalized spacial score (nSPS) is 16.6. The average Bonchev–Trinajstić information content (AvgIpc) is 3.09. The number of hydrogen-bond acceptors (Lipinski definition) is 3. The van der Waals surface area contributed by atoms with Gasteiger partial charge in [-0.15, -0.1) is 24.8 Å². The zero-order valence-electron chi connectivity index (χ0n) is 23.0. The van der Waals surface area contributed by atoms with E-state index in [1.807, 2.05) is 0 Å². The standard InChI is InChI=1S/C33H42N2O.2ClH/c1-26-8-3-5-10-30(26)23-34-19-15-28(16-20-34)17-21-36-33-14-13-29-12-7-18-35(25-32(29)22-33)24-31-11-6-4-9-27(31)2;;/h3-6,8-11,13-14,22,28H,7,12,15-21,23-25H2,1-2H3;2*1H. The van der Waals surface area contributed by atoms with Crippen LogP contribution in [0.25, 0.3) is 0 Å². The minimum absolute atomic E-state index is 0. The maximum atomic E-state index is 6.29. The van der Waals surface area contributed by atoms with Crippen molar-refractivity contribution in [3.8, 4) is 5.75 Å². The van der Waals surface area contributed by atoms with Crippen LogP contribution in [0.2, 0.25) is 0 Å². The SMILES string of the molecule is Cc1ccccc1CN1CCC(CCOc2ccc3c(c2)CN(Cc2ccccc2C)CCC3)CC1.Cl.Cl. The van der Waals surface area contributed by atoms with E-state index in [9.17, 15) is 0 Å². The van der Waals surface area contributed by atoms with Crippen LogP contribution in [0.3, 0.4) is 0 Å². The Kier molecular flexibility index (Phi) is 12.0. The number of likely N-dealkylation sites (tertiary alicyclic amines) is 1. The summed E-state index contributed by atoms with van der Waals surface area (Å²) in [5.74, 6) is 1.83. The first-order chi connectivity index (χ1) is 17.6. The minimum Gasteiger partial charge on any atom is -0.494 e. The number of ether oxygens (including phenoxy) is 1. The van der Waals surface area contributed by atoms with E-state index < -0.39 is 0 Å². The summed E-state index contributed by atoms with van der Waals surface area (Å²) in [5, 5.41) is 0. The van der Waals surface area contributed by atoms with Crippen LogP contribution in [0.15, 0.2) is 66.7 Å². The van der Waals surface area contributed by atoms with E-state index in [0.29, 0.717) is 0 Å². The number of nitrogens with zero attached hydrogens (tertiary/aromatic N) is 2. The molecule has 3 nitrogen and oxygen atoms in total. The van der Waals surface area contributed by atoms with Crippen molar-refractivity contribution in [3.05, 3.63) is 100 Å². The molecule has 0 spiro atoms. The van der Waals surface area contributed by atoms with Crippen LogP contribution < -0.4 is 4.74 Å². The molecule has 3 aromatic carbocycles. The van der Waals surface area contributed by atoms with Crippen molar-refractivity contribution in [2.24, 2.45) is 5.92 Å². The Bertz CT molecular complexity index is 1140. The van der Waals surface area contributed by atoms with Crippen LogP contribution >= 0.6 is 24.8 Å². The molecule has 3 aromatic rings. The molecule has 0 atom stereocenters. The summed E-state index contributed by atoms with van der Waals surface area (Å²) < 4.78 is 6.29. The van der Waals surface area contributed by atoms with Crippen LogP contribution in [-0.2, 0) is 26.1 Å². The van der Waals surface area contributed by atoms with Gasteiger partial charge >= 0.3 is 0 Å². The summed E-state index contributed by atoms with van der Waals surface area (Å²) in [7, 11) is 0. The van der Waals surface area contributed by atoms with Gasteiger partial charge in [0, 0.05) is 19.6 Å². The third-order valence-corrected chi connectivity index (χ3v) is 8.30. The van der Waals surface area contributed by atoms with E-state index in [0.717, 1.165) is 50.9 Å². The fraction of sp³-hybridized carbons (Fsp3) is 0.455. The first kappa shape index (κ1) is 30.5. The van der Waals surface area contributed by atoms with E-state index in [1.165, 1.54) is 72.2 Å². The molecule has 2 heterocycles. The third-order valence-electron chi connectivity index (χ3n) is 8.30. The molecule has 0 unspecified atom stereocenters. The predicted octanol–water partition coefficient (Wildman–Crippen LogP) is 7.78. The molecule has 0 aliphatic carbocycles. The zero-order chi connectivity index (χ0) is 24.7. The molecule has 0 bridgehead atoms. The summed E-state index contributed by atoms with van der Waals surface area (Å²) >= 11 is 0. The first-order valence-corrected chi connectivity index (χ1v) is 13.9. The third kappa shape index (κ3) is 8.23. The highest BCUT2D eigenvalue weighted by molar-refractivity contribution is 5.85. The number of halogens is 2. The molecule has 1 fully saturated rings. The van der Waals surface area contributed by atoms with Crippen molar-refractivity contribution in [2.75, 3.05) is 26.2 Å². The summed E-state index contributed by atoms with van der Waals surface area (Å²) in [6.45, 7) is 12.0. The van der Waals surface area contributed by atoms with E-state index >= 15 is 0 Å². The Hall–Kier alpha value is -2.04. The van der Waals surface area contributed by atoms with Gasteiger partial charge < -0.3 is 4.74 Å². The van der Waals surface area contributed by atoms with Gasteiger partial charge in [0.2, 0.25) is 0 Å². The second-order valence-electron chi connectivity index (χ2n) is 11.0. The Balaban J connectivity index is 0.00000200. The molecule has 1 saturated heterocycles. The van der Waals surface area contributed by atoms with Crippen LogP contribution in [-0.4, -0.2) is 36.0 Å². The van der Waals surface area contributed by atoms with Gasteiger partial charge in [-0.2, -0.15) is 0 Å². The molecule has 2 aliphatic heterocycles. The highest BCUT2D eigenvalue weighted by Crippen LogP contribution is 2.27. The highest BCUT2D eigenvalue weighted by atomic mass is 35.5. The van der Waals surface area contributed by atoms with Crippen molar-refractivity contribution in [1.29, 1.82) is 0 Å². The van der Waals surface area contributed by atoms with E-state index in [2.05, 4.69) is 90.4 Å². The van der Waals surface area contributed by atoms with Crippen molar-refractivity contribution in [3.63, 3.8) is 0 Å². The van der Waals surface area contributed by atoms with Crippen molar-refractivity contribution < 1.29 is 4.74 Å². The number of benzene rings is 3. The van der Waals surface area contributed by atoms with Gasteiger partial charge in [0.25, 0.3) is 0 Å². The molecular weight excluding hydrogens is 511 g/mol. The summed E-state index contributed by atoms with van der Waals surface area (Å²) in [6.07, 6.45) is 6.12. The minimum atomic E-state index is 0. The number of piperidine rings is 1. The van der Waals surface area contributed by atoms with Crippen LogP contribution in [0, 0.1) is 19.8 Å². The molecular formula is C33H44Cl2N2O. The van der Waals surface area contributed by atoms with Gasteiger partial charge in [0.05, 0.1) is 6.61 Å². The lowest BCUT2D eigenvalue weighted by atomic mass is 9.93. The van der Waals surface area contributed by atoms with Gasteiger partial charge in [0.15, 0.2) is 0 Å². The van der Waals surface area contributed by atoms with E-state index in [4.69, 9.17) is 4.74 Å².